The molecule has 6 heteroatoms. The Balaban J connectivity index is 1.95. The Hall–Kier alpha value is -3.41. The third-order valence-corrected chi connectivity index (χ3v) is 4.81. The maximum Gasteiger partial charge on any atom is 0.274 e. The van der Waals surface area contributed by atoms with Gasteiger partial charge in [0.25, 0.3) is 11.5 Å². The van der Waals surface area contributed by atoms with Crippen molar-refractivity contribution in [3.05, 3.63) is 70.6 Å². The molecular weight excluding hydrogens is 340 g/mol. The molecule has 0 spiro atoms. The molecule has 1 N–H and O–H groups in total. The van der Waals surface area contributed by atoms with E-state index in [4.69, 9.17) is 0 Å². The molecular formula is C21H20N4O2. The Morgan fingerprint density at radius 3 is 2.52 bits per heavy atom. The Kier molecular flexibility index (Phi) is 4.24. The van der Waals surface area contributed by atoms with Crippen LogP contribution in [-0.4, -0.2) is 38.3 Å². The van der Waals surface area contributed by atoms with Crippen LogP contribution in [0.25, 0.3) is 27.9 Å². The van der Waals surface area contributed by atoms with E-state index in [2.05, 4.69) is 9.97 Å². The summed E-state index contributed by atoms with van der Waals surface area (Å²) in [6, 6.07) is 15.1. The topological polar surface area (TPSA) is 70.5 Å². The smallest absolute Gasteiger partial charge is 0.274 e. The first-order valence-corrected chi connectivity index (χ1v) is 9.02. The molecule has 0 unspecified atom stereocenters. The van der Waals surface area contributed by atoms with Crippen molar-refractivity contribution in [1.29, 1.82) is 0 Å². The number of nitrogens with zero attached hydrogens (tertiary/aromatic N) is 3. The van der Waals surface area contributed by atoms with Gasteiger partial charge in [-0.2, -0.15) is 0 Å². The van der Waals surface area contributed by atoms with Crippen LogP contribution in [0.4, 0.5) is 0 Å². The first-order chi connectivity index (χ1) is 13.1. The number of aromatic amines is 1. The molecule has 27 heavy (non-hydrogen) atoms. The van der Waals surface area contributed by atoms with Crippen LogP contribution < -0.4 is 5.56 Å². The quantitative estimate of drug-likeness (QED) is 0.607. The number of fused-ring (bicyclic) bond motifs is 3. The predicted molar refractivity (Wildman–Crippen MR) is 106 cm³/mol. The summed E-state index contributed by atoms with van der Waals surface area (Å²) in [5.41, 5.74) is 3.14. The lowest BCUT2D eigenvalue weighted by molar-refractivity contribution is 0.0773. The average molecular weight is 360 g/mol. The van der Waals surface area contributed by atoms with Crippen molar-refractivity contribution in [1.82, 2.24) is 19.3 Å². The van der Waals surface area contributed by atoms with Crippen LogP contribution in [0, 0.1) is 0 Å². The monoisotopic (exact) mass is 360 g/mol. The summed E-state index contributed by atoms with van der Waals surface area (Å²) in [7, 11) is 0. The van der Waals surface area contributed by atoms with Crippen molar-refractivity contribution in [2.45, 2.75) is 13.8 Å². The van der Waals surface area contributed by atoms with Crippen LogP contribution in [0.5, 0.6) is 0 Å². The highest BCUT2D eigenvalue weighted by Crippen LogP contribution is 2.23. The summed E-state index contributed by atoms with van der Waals surface area (Å²) in [5, 5.41) is 0. The highest BCUT2D eigenvalue weighted by atomic mass is 16.2. The molecule has 2 aromatic carbocycles. The number of hydrogen-bond acceptors (Lipinski definition) is 3. The first-order valence-electron chi connectivity index (χ1n) is 9.02. The summed E-state index contributed by atoms with van der Waals surface area (Å²) in [6.45, 7) is 5.18. The van der Waals surface area contributed by atoms with E-state index in [0.717, 1.165) is 11.1 Å². The highest BCUT2D eigenvalue weighted by Gasteiger charge is 2.16. The molecule has 4 rings (SSSR count). The summed E-state index contributed by atoms with van der Waals surface area (Å²) in [4.78, 5) is 34.3. The predicted octanol–water partition coefficient (Wildman–Crippen LogP) is 3.32. The van der Waals surface area contributed by atoms with Gasteiger partial charge in [-0.15, -0.1) is 0 Å². The molecule has 0 aliphatic heterocycles. The van der Waals surface area contributed by atoms with E-state index in [1.807, 2.05) is 54.6 Å². The van der Waals surface area contributed by atoms with E-state index in [1.54, 1.807) is 23.2 Å². The van der Waals surface area contributed by atoms with Gasteiger partial charge < -0.3 is 9.88 Å². The molecule has 2 aromatic heterocycles. The third kappa shape index (κ3) is 2.79. The van der Waals surface area contributed by atoms with Crippen molar-refractivity contribution < 1.29 is 4.79 Å². The van der Waals surface area contributed by atoms with Gasteiger partial charge in [0.2, 0.25) is 0 Å². The van der Waals surface area contributed by atoms with E-state index in [9.17, 15) is 9.59 Å². The maximum absolute atomic E-state index is 12.7. The van der Waals surface area contributed by atoms with Gasteiger partial charge in [-0.25, -0.2) is 4.98 Å². The van der Waals surface area contributed by atoms with Crippen LogP contribution in [0.1, 0.15) is 24.2 Å². The van der Waals surface area contributed by atoms with E-state index in [-0.39, 0.29) is 11.5 Å². The minimum Gasteiger partial charge on any atom is -0.339 e. The zero-order valence-electron chi connectivity index (χ0n) is 15.3. The summed E-state index contributed by atoms with van der Waals surface area (Å²) >= 11 is 0. The van der Waals surface area contributed by atoms with Crippen LogP contribution in [0.3, 0.4) is 0 Å². The average Bonchev–Trinajstić information content (AvgIpc) is 3.15. The van der Waals surface area contributed by atoms with Crippen molar-refractivity contribution in [3.63, 3.8) is 0 Å². The first kappa shape index (κ1) is 17.0. The molecule has 6 nitrogen and oxygen atoms in total. The maximum atomic E-state index is 12.7. The van der Waals surface area contributed by atoms with Gasteiger partial charge >= 0.3 is 0 Å². The number of carbonyl (C=O) groups excluding carboxylic acids is 1. The van der Waals surface area contributed by atoms with Gasteiger partial charge in [-0.3, -0.25) is 14.0 Å². The molecule has 0 aliphatic carbocycles. The normalized spacial score (nSPS) is 11.2. The van der Waals surface area contributed by atoms with Gasteiger partial charge in [0.1, 0.15) is 11.3 Å². The van der Waals surface area contributed by atoms with E-state index in [1.165, 1.54) is 0 Å². The van der Waals surface area contributed by atoms with E-state index < -0.39 is 0 Å². The second-order valence-corrected chi connectivity index (χ2v) is 6.33. The van der Waals surface area contributed by atoms with Gasteiger partial charge in [0.05, 0.1) is 17.2 Å². The number of amides is 1. The number of benzene rings is 2. The molecule has 136 valence electrons. The van der Waals surface area contributed by atoms with Gasteiger partial charge in [0, 0.05) is 24.2 Å². The number of aromatic nitrogens is 3. The molecule has 1 amide bonds. The van der Waals surface area contributed by atoms with Gasteiger partial charge in [0.15, 0.2) is 0 Å². The van der Waals surface area contributed by atoms with E-state index >= 15 is 0 Å². The van der Waals surface area contributed by atoms with Crippen molar-refractivity contribution in [2.24, 2.45) is 0 Å². The van der Waals surface area contributed by atoms with Crippen LogP contribution in [-0.2, 0) is 0 Å². The lowest BCUT2D eigenvalue weighted by Gasteiger charge is -2.18. The van der Waals surface area contributed by atoms with Crippen LogP contribution in [0.2, 0.25) is 0 Å². The SMILES string of the molecule is CCN(CC)C(=O)c1ccc2c(c1)[nH]c(=O)c1cnc(-c3ccccc3)n12. The number of carbonyl (C=O) groups is 1. The zero-order chi connectivity index (χ0) is 19.0. The number of imidazole rings is 1. The van der Waals surface area contributed by atoms with Crippen molar-refractivity contribution in [3.8, 4) is 11.4 Å². The lowest BCUT2D eigenvalue weighted by Crippen LogP contribution is -2.30. The molecule has 0 aliphatic rings. The second-order valence-electron chi connectivity index (χ2n) is 6.33. The van der Waals surface area contributed by atoms with Crippen LogP contribution >= 0.6 is 0 Å². The molecule has 0 fully saturated rings. The molecule has 0 atom stereocenters. The lowest BCUT2D eigenvalue weighted by atomic mass is 10.1. The molecule has 4 aromatic rings. The Bertz CT molecular complexity index is 1190. The van der Waals surface area contributed by atoms with Gasteiger partial charge in [-0.1, -0.05) is 30.3 Å². The largest absolute Gasteiger partial charge is 0.339 e. The summed E-state index contributed by atoms with van der Waals surface area (Å²) in [6.07, 6.45) is 1.58. The molecule has 0 radical (unpaired) electrons. The summed E-state index contributed by atoms with van der Waals surface area (Å²) < 4.78 is 1.84. The molecule has 0 saturated heterocycles. The number of hydrogen-bond donors (Lipinski definition) is 1. The minimum atomic E-state index is -0.232. The Morgan fingerprint density at radius 1 is 1.07 bits per heavy atom. The number of nitrogens with one attached hydrogen (secondary N) is 1. The Morgan fingerprint density at radius 2 is 1.81 bits per heavy atom. The van der Waals surface area contributed by atoms with Crippen molar-refractivity contribution in [2.75, 3.05) is 13.1 Å². The van der Waals surface area contributed by atoms with E-state index in [0.29, 0.717) is 35.5 Å². The Labute approximate surface area is 156 Å². The van der Waals surface area contributed by atoms with Crippen molar-refractivity contribution >= 4 is 22.5 Å². The number of rotatable bonds is 4. The standard InChI is InChI=1S/C21H20N4O2/c1-3-24(4-2)21(27)15-10-11-17-16(12-15)23-20(26)18-13-22-19(25(17)18)14-8-6-5-7-9-14/h5-13H,3-4H2,1-2H3,(H,23,26). The van der Waals surface area contributed by atoms with Crippen LogP contribution in [0.15, 0.2) is 59.5 Å². The fraction of sp³-hybridized carbons (Fsp3) is 0.190. The number of H-pyrrole nitrogens is 1. The fourth-order valence-electron chi connectivity index (χ4n) is 3.39. The summed E-state index contributed by atoms with van der Waals surface area (Å²) in [5.74, 6) is 0.654. The highest BCUT2D eigenvalue weighted by molar-refractivity contribution is 5.97. The molecule has 0 bridgehead atoms. The van der Waals surface area contributed by atoms with Gasteiger partial charge in [-0.05, 0) is 32.0 Å². The molecule has 2 heterocycles. The fourth-order valence-corrected chi connectivity index (χ4v) is 3.39. The zero-order valence-corrected chi connectivity index (χ0v) is 15.3. The molecule has 0 saturated carbocycles. The third-order valence-electron chi connectivity index (χ3n) is 4.81. The second kappa shape index (κ2) is 6.72. The minimum absolute atomic E-state index is 0.0447.